The van der Waals surface area contributed by atoms with Crippen LogP contribution in [0.1, 0.15) is 33.6 Å². The van der Waals surface area contributed by atoms with E-state index in [0.717, 1.165) is 18.5 Å². The van der Waals surface area contributed by atoms with Crippen molar-refractivity contribution in [1.29, 1.82) is 0 Å². The Morgan fingerprint density at radius 1 is 1.16 bits per heavy atom. The van der Waals surface area contributed by atoms with Crippen LogP contribution in [0.2, 0.25) is 0 Å². The molecule has 194 valence electrons. The highest BCUT2D eigenvalue weighted by atomic mass is 19.1. The molecule has 4 aromatic rings. The zero-order chi connectivity index (χ0) is 26.5. The predicted octanol–water partition coefficient (Wildman–Crippen LogP) is 4.25. The third-order valence-corrected chi connectivity index (χ3v) is 6.75. The summed E-state index contributed by atoms with van der Waals surface area (Å²) in [5.74, 6) is -0.494. The molecular weight excluding hydrogens is 475 g/mol. The third-order valence-electron chi connectivity index (χ3n) is 6.75. The number of amides is 1. The quantitative estimate of drug-likeness (QED) is 0.413. The summed E-state index contributed by atoms with van der Waals surface area (Å²) in [5, 5.41) is 5.19. The lowest BCUT2D eigenvalue weighted by atomic mass is 10.0. The second-order valence-corrected chi connectivity index (χ2v) is 10.6. The van der Waals surface area contributed by atoms with E-state index in [1.54, 1.807) is 28.9 Å². The van der Waals surface area contributed by atoms with Gasteiger partial charge in [0.15, 0.2) is 5.82 Å². The van der Waals surface area contributed by atoms with Gasteiger partial charge >= 0.3 is 6.09 Å². The summed E-state index contributed by atoms with van der Waals surface area (Å²) in [6.45, 7) is 6.80. The van der Waals surface area contributed by atoms with E-state index in [-0.39, 0.29) is 23.2 Å². The van der Waals surface area contributed by atoms with Crippen molar-refractivity contribution in [1.82, 2.24) is 24.2 Å². The van der Waals surface area contributed by atoms with Crippen molar-refractivity contribution in [2.24, 2.45) is 7.05 Å². The first-order valence-electron chi connectivity index (χ1n) is 12.4. The number of fused-ring (bicyclic) bond motifs is 2. The molecule has 5 rings (SSSR count). The molecule has 1 aliphatic rings. The van der Waals surface area contributed by atoms with Crippen LogP contribution in [-0.2, 0) is 11.8 Å². The van der Waals surface area contributed by atoms with Crippen molar-refractivity contribution in [3.05, 3.63) is 59.0 Å². The summed E-state index contributed by atoms with van der Waals surface area (Å²) >= 11 is 0. The number of halogens is 1. The van der Waals surface area contributed by atoms with Crippen molar-refractivity contribution in [2.75, 3.05) is 25.0 Å². The van der Waals surface area contributed by atoms with Crippen LogP contribution >= 0.6 is 0 Å². The van der Waals surface area contributed by atoms with Crippen LogP contribution in [0.4, 0.5) is 14.9 Å². The van der Waals surface area contributed by atoms with Crippen molar-refractivity contribution in [3.8, 4) is 5.69 Å². The molecule has 2 aromatic heterocycles. The number of likely N-dealkylation sites (tertiary alicyclic amines) is 1. The third kappa shape index (κ3) is 4.87. The van der Waals surface area contributed by atoms with Crippen LogP contribution in [0.5, 0.6) is 0 Å². The van der Waals surface area contributed by atoms with Crippen LogP contribution in [0.15, 0.2) is 47.7 Å². The molecule has 10 heteroatoms. The Morgan fingerprint density at radius 3 is 2.59 bits per heavy atom. The average molecular weight is 507 g/mol. The first kappa shape index (κ1) is 24.7. The van der Waals surface area contributed by atoms with Gasteiger partial charge in [0.2, 0.25) is 0 Å². The van der Waals surface area contributed by atoms with Crippen molar-refractivity contribution >= 4 is 33.6 Å². The Hall–Kier alpha value is -3.95. The van der Waals surface area contributed by atoms with Gasteiger partial charge in [-0.15, -0.1) is 0 Å². The lowest BCUT2D eigenvalue weighted by Gasteiger charge is -2.38. The summed E-state index contributed by atoms with van der Waals surface area (Å²) in [5.41, 5.74) is 1.31. The molecule has 0 N–H and O–H groups in total. The van der Waals surface area contributed by atoms with Gasteiger partial charge in [0.25, 0.3) is 5.56 Å². The molecule has 1 amide bonds. The smallest absolute Gasteiger partial charge is 0.410 e. The molecule has 0 radical (unpaired) electrons. The Labute approximate surface area is 214 Å². The second-order valence-electron chi connectivity index (χ2n) is 10.6. The van der Waals surface area contributed by atoms with E-state index in [1.165, 1.54) is 17.0 Å². The van der Waals surface area contributed by atoms with Crippen molar-refractivity contribution in [2.45, 2.75) is 45.3 Å². The molecule has 0 atom stereocenters. The van der Waals surface area contributed by atoms with Gasteiger partial charge in [0.1, 0.15) is 17.4 Å². The van der Waals surface area contributed by atoms with E-state index in [9.17, 15) is 14.0 Å². The zero-order valence-corrected chi connectivity index (χ0v) is 21.7. The van der Waals surface area contributed by atoms with Crippen LogP contribution in [-0.4, -0.2) is 62.1 Å². The minimum absolute atomic E-state index is 0.206. The number of aryl methyl sites for hydroxylation is 1. The summed E-state index contributed by atoms with van der Waals surface area (Å²) in [4.78, 5) is 34.2. The number of ether oxygens (including phenoxy) is 1. The topological polar surface area (TPSA) is 85.5 Å². The lowest BCUT2D eigenvalue weighted by molar-refractivity contribution is 0.0205. The Balaban J connectivity index is 1.39. The van der Waals surface area contributed by atoms with Gasteiger partial charge in [-0.25, -0.2) is 14.2 Å². The number of hydrogen-bond acceptors (Lipinski definition) is 6. The Bertz CT molecular complexity index is 1550. The SMILES string of the molecule is CN(c1ccc2ncn(-c3cc(F)c4nn(C)cc4c3)c(=O)c2c1)C1CCN(C(=O)OC(C)(C)C)CC1. The fraction of sp³-hybridized carbons (Fsp3) is 0.407. The number of aromatic nitrogens is 4. The van der Waals surface area contributed by atoms with Crippen LogP contribution in [0, 0.1) is 5.82 Å². The molecule has 3 heterocycles. The minimum atomic E-state index is -0.522. The van der Waals surface area contributed by atoms with Crippen LogP contribution in [0.3, 0.4) is 0 Å². The second kappa shape index (κ2) is 9.17. The summed E-state index contributed by atoms with van der Waals surface area (Å²) < 4.78 is 23.1. The summed E-state index contributed by atoms with van der Waals surface area (Å²) in [7, 11) is 3.72. The standard InChI is InChI=1S/C27H31FN6O3/c1-27(2,3)37-26(36)33-10-8-18(9-11-33)32(5)19-6-7-23-21(13-19)25(35)34(16-29-23)20-12-17-15-31(4)30-24(17)22(28)14-20/h6-7,12-16,18H,8-11H2,1-5H3. The lowest BCUT2D eigenvalue weighted by Crippen LogP contribution is -2.47. The normalized spacial score (nSPS) is 14.9. The molecule has 0 saturated carbocycles. The van der Waals surface area contributed by atoms with Gasteiger partial charge < -0.3 is 14.5 Å². The predicted molar refractivity (Wildman–Crippen MR) is 141 cm³/mol. The number of carbonyl (C=O) groups excluding carboxylic acids is 1. The molecule has 0 bridgehead atoms. The average Bonchev–Trinajstić information content (AvgIpc) is 3.23. The molecule has 0 unspecified atom stereocenters. The van der Waals surface area contributed by atoms with E-state index in [4.69, 9.17) is 4.74 Å². The molecule has 1 fully saturated rings. The fourth-order valence-corrected chi connectivity index (χ4v) is 4.82. The van der Waals surface area contributed by atoms with Gasteiger partial charge in [-0.2, -0.15) is 5.10 Å². The van der Waals surface area contributed by atoms with E-state index in [1.807, 2.05) is 46.0 Å². The molecule has 1 aliphatic heterocycles. The number of rotatable bonds is 3. The zero-order valence-electron chi connectivity index (χ0n) is 21.7. The molecule has 9 nitrogen and oxygen atoms in total. The molecule has 37 heavy (non-hydrogen) atoms. The van der Waals surface area contributed by atoms with Gasteiger partial charge in [-0.1, -0.05) is 0 Å². The summed E-state index contributed by atoms with van der Waals surface area (Å²) in [6, 6.07) is 8.85. The van der Waals surface area contributed by atoms with Gasteiger partial charge in [-0.3, -0.25) is 14.0 Å². The highest BCUT2D eigenvalue weighted by Crippen LogP contribution is 2.26. The molecular formula is C27H31FN6O3. The highest BCUT2D eigenvalue weighted by Gasteiger charge is 2.28. The maximum atomic E-state index is 14.7. The van der Waals surface area contributed by atoms with Crippen LogP contribution < -0.4 is 10.5 Å². The number of hydrogen-bond donors (Lipinski definition) is 0. The van der Waals surface area contributed by atoms with Crippen molar-refractivity contribution < 1.29 is 13.9 Å². The van der Waals surface area contributed by atoms with E-state index in [0.29, 0.717) is 35.1 Å². The minimum Gasteiger partial charge on any atom is -0.444 e. The monoisotopic (exact) mass is 506 g/mol. The molecule has 2 aromatic carbocycles. The van der Waals surface area contributed by atoms with Gasteiger partial charge in [0, 0.05) is 56.6 Å². The van der Waals surface area contributed by atoms with E-state index < -0.39 is 11.4 Å². The van der Waals surface area contributed by atoms with E-state index >= 15 is 0 Å². The van der Waals surface area contributed by atoms with Gasteiger partial charge in [0.05, 0.1) is 16.6 Å². The number of nitrogens with zero attached hydrogens (tertiary/aromatic N) is 6. The maximum absolute atomic E-state index is 14.7. The Morgan fingerprint density at radius 2 is 1.89 bits per heavy atom. The summed E-state index contributed by atoms with van der Waals surface area (Å²) in [6.07, 6.45) is 4.43. The molecule has 0 spiro atoms. The first-order valence-corrected chi connectivity index (χ1v) is 12.4. The van der Waals surface area contributed by atoms with Crippen LogP contribution in [0.25, 0.3) is 27.5 Å². The molecule has 1 saturated heterocycles. The molecule has 0 aliphatic carbocycles. The van der Waals surface area contributed by atoms with Crippen molar-refractivity contribution in [3.63, 3.8) is 0 Å². The highest BCUT2D eigenvalue weighted by molar-refractivity contribution is 5.83. The fourth-order valence-electron chi connectivity index (χ4n) is 4.82. The maximum Gasteiger partial charge on any atom is 0.410 e. The largest absolute Gasteiger partial charge is 0.444 e. The number of piperidine rings is 1. The van der Waals surface area contributed by atoms with Gasteiger partial charge in [-0.05, 0) is 57.9 Å². The number of anilines is 1. The Kier molecular flexibility index (Phi) is 6.13. The van der Waals surface area contributed by atoms with E-state index in [2.05, 4.69) is 15.0 Å². The first-order chi connectivity index (χ1) is 17.5. The number of carbonyl (C=O) groups is 1. The number of benzene rings is 2.